The molecule has 4 rings (SSSR count). The molecule has 3 amide bonds. The van der Waals surface area contributed by atoms with Crippen molar-refractivity contribution < 1.29 is 14.4 Å². The van der Waals surface area contributed by atoms with Crippen molar-refractivity contribution in [2.75, 3.05) is 5.32 Å². The van der Waals surface area contributed by atoms with Crippen LogP contribution in [0.15, 0.2) is 48.5 Å². The molecule has 8 heteroatoms. The van der Waals surface area contributed by atoms with E-state index in [9.17, 15) is 14.4 Å². The van der Waals surface area contributed by atoms with Crippen molar-refractivity contribution >= 4 is 34.4 Å². The molecule has 0 radical (unpaired) electrons. The van der Waals surface area contributed by atoms with E-state index in [0.29, 0.717) is 11.3 Å². The van der Waals surface area contributed by atoms with Crippen LogP contribution in [0.3, 0.4) is 0 Å². The van der Waals surface area contributed by atoms with Crippen LogP contribution in [0.5, 0.6) is 0 Å². The molecule has 1 aliphatic rings. The number of carbonyl (C=O) groups is 3. The smallest absolute Gasteiger partial charge is 0.254 e. The Balaban J connectivity index is 1.52. The number of amides is 3. The van der Waals surface area contributed by atoms with Gasteiger partial charge in [-0.1, -0.05) is 38.1 Å². The average molecular weight is 419 g/mol. The third kappa shape index (κ3) is 4.01. The average Bonchev–Trinajstić information content (AvgIpc) is 3.02. The van der Waals surface area contributed by atoms with E-state index >= 15 is 0 Å². The van der Waals surface area contributed by atoms with Crippen molar-refractivity contribution in [3.8, 4) is 0 Å². The number of nitrogens with one attached hydrogen (secondary N) is 3. The zero-order valence-electron chi connectivity index (χ0n) is 17.7. The Morgan fingerprint density at radius 1 is 1.13 bits per heavy atom. The first kappa shape index (κ1) is 20.6. The number of aryl methyl sites for hydroxylation is 1. The van der Waals surface area contributed by atoms with E-state index in [1.807, 2.05) is 49.7 Å². The first-order chi connectivity index (χ1) is 14.8. The molecule has 2 atom stereocenters. The van der Waals surface area contributed by atoms with Gasteiger partial charge >= 0.3 is 0 Å². The Hall–Kier alpha value is -3.68. The van der Waals surface area contributed by atoms with Crippen LogP contribution in [0.2, 0.25) is 0 Å². The van der Waals surface area contributed by atoms with E-state index in [1.165, 1.54) is 0 Å². The number of rotatable bonds is 5. The summed E-state index contributed by atoms with van der Waals surface area (Å²) in [6.45, 7) is 4.00. The van der Waals surface area contributed by atoms with E-state index in [0.717, 1.165) is 16.9 Å². The van der Waals surface area contributed by atoms with Gasteiger partial charge in [0.1, 0.15) is 11.9 Å². The molecule has 3 N–H and O–H groups in total. The first-order valence-corrected chi connectivity index (χ1v) is 10.3. The Bertz CT molecular complexity index is 1170. The van der Waals surface area contributed by atoms with Gasteiger partial charge in [-0.05, 0) is 30.2 Å². The van der Waals surface area contributed by atoms with Crippen molar-refractivity contribution in [3.63, 3.8) is 0 Å². The van der Waals surface area contributed by atoms with Crippen molar-refractivity contribution in [1.82, 2.24) is 20.2 Å². The number of aromatic nitrogens is 2. The van der Waals surface area contributed by atoms with Crippen molar-refractivity contribution in [2.24, 2.45) is 13.0 Å². The minimum Gasteiger partial charge on any atom is -0.346 e. The van der Waals surface area contributed by atoms with Crippen LogP contribution >= 0.6 is 0 Å². The van der Waals surface area contributed by atoms with Crippen LogP contribution in [0.25, 0.3) is 11.0 Å². The van der Waals surface area contributed by atoms with Gasteiger partial charge in [0.2, 0.25) is 11.8 Å². The van der Waals surface area contributed by atoms with Gasteiger partial charge in [0, 0.05) is 7.05 Å². The lowest BCUT2D eigenvalue weighted by Gasteiger charge is -2.23. The number of hydrogen-bond donors (Lipinski definition) is 3. The molecule has 2 aromatic carbocycles. The Kier molecular flexibility index (Phi) is 5.46. The summed E-state index contributed by atoms with van der Waals surface area (Å²) in [5.74, 6) is -0.329. The lowest BCUT2D eigenvalue weighted by Crippen LogP contribution is -2.45. The minimum absolute atomic E-state index is 0.0706. The molecule has 1 unspecified atom stereocenters. The van der Waals surface area contributed by atoms with E-state index < -0.39 is 11.9 Å². The summed E-state index contributed by atoms with van der Waals surface area (Å²) in [6, 6.07) is 13.2. The summed E-state index contributed by atoms with van der Waals surface area (Å²) in [5, 5.41) is 8.39. The fourth-order valence-electron chi connectivity index (χ4n) is 3.84. The molecule has 0 spiro atoms. The summed E-state index contributed by atoms with van der Waals surface area (Å²) in [6.07, 6.45) is -0.168. The number of carbonyl (C=O) groups excluding carboxylic acids is 3. The highest BCUT2D eigenvalue weighted by molar-refractivity contribution is 6.10. The number of benzene rings is 2. The quantitative estimate of drug-likeness (QED) is 0.591. The number of hydrogen-bond acceptors (Lipinski definition) is 4. The van der Waals surface area contributed by atoms with E-state index in [-0.39, 0.29) is 30.2 Å². The normalized spacial score (nSPS) is 17.0. The van der Waals surface area contributed by atoms with Crippen LogP contribution in [-0.4, -0.2) is 33.3 Å². The van der Waals surface area contributed by atoms with Gasteiger partial charge in [-0.2, -0.15) is 0 Å². The van der Waals surface area contributed by atoms with Gasteiger partial charge in [0.05, 0.1) is 34.7 Å². The molecule has 160 valence electrons. The number of imidazole rings is 1. The first-order valence-electron chi connectivity index (χ1n) is 10.3. The number of nitrogens with zero attached hydrogens (tertiary/aromatic N) is 2. The standard InChI is InChI=1S/C23H25N5O3/c1-13(2)20(21-24-16-10-6-7-11-18(16)28(21)3)27-19(29)12-17-23(31)25-15-9-5-4-8-14(15)22(30)26-17/h4-11,13,17,20H,12H2,1-3H3,(H,25,31)(H,26,30)(H,27,29)/t17?,20-/m0/s1. The maximum absolute atomic E-state index is 12.9. The lowest BCUT2D eigenvalue weighted by atomic mass is 10.0. The van der Waals surface area contributed by atoms with Gasteiger partial charge < -0.3 is 20.5 Å². The number of fused-ring (bicyclic) bond motifs is 2. The monoisotopic (exact) mass is 419 g/mol. The van der Waals surface area contributed by atoms with E-state index in [1.54, 1.807) is 24.3 Å². The zero-order chi connectivity index (χ0) is 22.1. The SMILES string of the molecule is CC(C)[C@H](NC(=O)CC1NC(=O)c2ccccc2NC1=O)c1nc2ccccc2n1C. The molecule has 0 aliphatic carbocycles. The van der Waals surface area contributed by atoms with Crippen molar-refractivity contribution in [1.29, 1.82) is 0 Å². The Morgan fingerprint density at radius 3 is 2.58 bits per heavy atom. The Labute approximate surface area is 180 Å². The summed E-state index contributed by atoms with van der Waals surface area (Å²) in [5.41, 5.74) is 2.64. The minimum atomic E-state index is -0.965. The molecule has 8 nitrogen and oxygen atoms in total. The van der Waals surface area contributed by atoms with Crippen molar-refractivity contribution in [3.05, 3.63) is 59.9 Å². The fraction of sp³-hybridized carbons (Fsp3) is 0.304. The second kappa shape index (κ2) is 8.22. The number of anilines is 1. The van der Waals surface area contributed by atoms with E-state index in [2.05, 4.69) is 16.0 Å². The number of para-hydroxylation sites is 3. The Morgan fingerprint density at radius 2 is 1.84 bits per heavy atom. The maximum atomic E-state index is 12.9. The summed E-state index contributed by atoms with van der Waals surface area (Å²) in [7, 11) is 1.92. The predicted octanol–water partition coefficient (Wildman–Crippen LogP) is 2.53. The summed E-state index contributed by atoms with van der Waals surface area (Å²) in [4.78, 5) is 42.7. The summed E-state index contributed by atoms with van der Waals surface area (Å²) >= 11 is 0. The molecular formula is C23H25N5O3. The highest BCUT2D eigenvalue weighted by atomic mass is 16.2. The fourth-order valence-corrected chi connectivity index (χ4v) is 3.84. The van der Waals surface area contributed by atoms with Crippen LogP contribution < -0.4 is 16.0 Å². The maximum Gasteiger partial charge on any atom is 0.254 e. The van der Waals surface area contributed by atoms with E-state index in [4.69, 9.17) is 4.98 Å². The third-order valence-electron chi connectivity index (χ3n) is 5.52. The molecule has 31 heavy (non-hydrogen) atoms. The van der Waals surface area contributed by atoms with Gasteiger partial charge in [0.15, 0.2) is 0 Å². The zero-order valence-corrected chi connectivity index (χ0v) is 17.7. The van der Waals surface area contributed by atoms with Crippen LogP contribution in [0.1, 0.15) is 42.5 Å². The third-order valence-corrected chi connectivity index (χ3v) is 5.52. The van der Waals surface area contributed by atoms with Gasteiger partial charge in [-0.25, -0.2) is 4.98 Å². The molecular weight excluding hydrogens is 394 g/mol. The predicted molar refractivity (Wildman–Crippen MR) is 117 cm³/mol. The van der Waals surface area contributed by atoms with Crippen molar-refractivity contribution in [2.45, 2.75) is 32.4 Å². The summed E-state index contributed by atoms with van der Waals surface area (Å²) < 4.78 is 1.97. The van der Waals surface area contributed by atoms with Crippen LogP contribution in [0, 0.1) is 5.92 Å². The highest BCUT2D eigenvalue weighted by Gasteiger charge is 2.31. The molecule has 0 fully saturated rings. The van der Waals surface area contributed by atoms with Gasteiger partial charge in [-0.15, -0.1) is 0 Å². The second-order valence-electron chi connectivity index (χ2n) is 8.07. The van der Waals surface area contributed by atoms with Crippen LogP contribution in [-0.2, 0) is 16.6 Å². The second-order valence-corrected chi connectivity index (χ2v) is 8.07. The molecule has 1 aliphatic heterocycles. The molecule has 0 saturated heterocycles. The topological polar surface area (TPSA) is 105 Å². The lowest BCUT2D eigenvalue weighted by molar-refractivity contribution is -0.126. The highest BCUT2D eigenvalue weighted by Crippen LogP contribution is 2.25. The largest absolute Gasteiger partial charge is 0.346 e. The van der Waals surface area contributed by atoms with Gasteiger partial charge in [-0.3, -0.25) is 14.4 Å². The molecule has 0 saturated carbocycles. The van der Waals surface area contributed by atoms with Crippen LogP contribution in [0.4, 0.5) is 5.69 Å². The van der Waals surface area contributed by atoms with Gasteiger partial charge in [0.25, 0.3) is 5.91 Å². The molecule has 1 aromatic heterocycles. The molecule has 2 heterocycles. The molecule has 3 aromatic rings. The molecule has 0 bridgehead atoms.